The molecular weight excluding hydrogens is 389 g/mol. The molecule has 2 aliphatic heterocycles. The van der Waals surface area contributed by atoms with E-state index in [4.69, 9.17) is 15.5 Å². The van der Waals surface area contributed by atoms with Crippen molar-refractivity contribution in [1.29, 1.82) is 0 Å². The molecule has 0 spiro atoms. The van der Waals surface area contributed by atoms with E-state index >= 15 is 0 Å². The van der Waals surface area contributed by atoms with E-state index < -0.39 is 5.54 Å². The fourth-order valence-electron chi connectivity index (χ4n) is 3.40. The van der Waals surface area contributed by atoms with Crippen LogP contribution in [0.3, 0.4) is 0 Å². The highest BCUT2D eigenvalue weighted by Crippen LogP contribution is 2.23. The number of aryl methyl sites for hydroxylation is 1. The van der Waals surface area contributed by atoms with Crippen LogP contribution in [-0.4, -0.2) is 65.7 Å². The lowest BCUT2D eigenvalue weighted by atomic mass is 9.89. The van der Waals surface area contributed by atoms with E-state index in [0.717, 1.165) is 30.4 Å². The van der Waals surface area contributed by atoms with Crippen molar-refractivity contribution in [3.05, 3.63) is 17.6 Å². The summed E-state index contributed by atoms with van der Waals surface area (Å²) in [5.74, 6) is 2.19. The van der Waals surface area contributed by atoms with Gasteiger partial charge in [-0.25, -0.2) is 9.97 Å². The molecule has 2 fully saturated rings. The average molecular weight is 420 g/mol. The molecule has 3 heterocycles. The van der Waals surface area contributed by atoms with Gasteiger partial charge in [0, 0.05) is 57.1 Å². The van der Waals surface area contributed by atoms with Gasteiger partial charge in [-0.05, 0) is 19.8 Å². The Kier molecular flexibility index (Phi) is 8.73. The van der Waals surface area contributed by atoms with Gasteiger partial charge >= 0.3 is 0 Å². The van der Waals surface area contributed by atoms with Crippen LogP contribution in [0.1, 0.15) is 44.1 Å². The van der Waals surface area contributed by atoms with Gasteiger partial charge in [0.25, 0.3) is 0 Å². The molecule has 2 N–H and O–H groups in total. The van der Waals surface area contributed by atoms with E-state index in [1.54, 1.807) is 0 Å². The Morgan fingerprint density at radius 2 is 1.74 bits per heavy atom. The number of ether oxygens (including phenoxy) is 1. The molecule has 1 aromatic rings. The van der Waals surface area contributed by atoms with Crippen molar-refractivity contribution in [3.63, 3.8) is 0 Å². The Bertz CT molecular complexity index is 630. The zero-order valence-corrected chi connectivity index (χ0v) is 17.9. The first kappa shape index (κ1) is 23.9. The summed E-state index contributed by atoms with van der Waals surface area (Å²) in [4.78, 5) is 26.2. The van der Waals surface area contributed by atoms with E-state index in [0.29, 0.717) is 45.1 Å². The molecule has 2 aliphatic rings. The third-order valence-corrected chi connectivity index (χ3v) is 5.08. The largest absolute Gasteiger partial charge is 0.381 e. The smallest absolute Gasteiger partial charge is 0.242 e. The molecule has 3 rings (SSSR count). The Morgan fingerprint density at radius 3 is 2.30 bits per heavy atom. The number of anilines is 1. The number of carbonyl (C=O) groups is 1. The molecule has 7 nitrogen and oxygen atoms in total. The van der Waals surface area contributed by atoms with Crippen LogP contribution in [0.5, 0.6) is 0 Å². The van der Waals surface area contributed by atoms with Crippen LogP contribution >= 0.6 is 24.8 Å². The van der Waals surface area contributed by atoms with Crippen LogP contribution < -0.4 is 10.6 Å². The molecular formula is C18H31Cl2N5O2. The van der Waals surface area contributed by atoms with Gasteiger partial charge in [-0.15, -0.1) is 24.8 Å². The maximum atomic E-state index is 12.8. The van der Waals surface area contributed by atoms with E-state index in [2.05, 4.69) is 23.7 Å². The van der Waals surface area contributed by atoms with Crippen LogP contribution in [0.25, 0.3) is 0 Å². The summed E-state index contributed by atoms with van der Waals surface area (Å²) in [6.45, 7) is 10.2. The summed E-state index contributed by atoms with van der Waals surface area (Å²) in [6, 6.07) is 2.02. The van der Waals surface area contributed by atoms with E-state index in [1.807, 2.05) is 17.9 Å². The number of nitrogens with two attached hydrogens (primary N) is 1. The number of carbonyl (C=O) groups excluding carboxylic acids is 1. The lowest BCUT2D eigenvalue weighted by Gasteiger charge is -2.41. The predicted octanol–water partition coefficient (Wildman–Crippen LogP) is 1.91. The van der Waals surface area contributed by atoms with Crippen LogP contribution in [-0.2, 0) is 9.53 Å². The van der Waals surface area contributed by atoms with E-state index in [-0.39, 0.29) is 30.7 Å². The summed E-state index contributed by atoms with van der Waals surface area (Å²) in [5, 5.41) is 0. The van der Waals surface area contributed by atoms with Crippen molar-refractivity contribution < 1.29 is 9.53 Å². The molecule has 154 valence electrons. The van der Waals surface area contributed by atoms with Crippen LogP contribution in [0.15, 0.2) is 6.07 Å². The molecule has 1 aromatic heterocycles. The molecule has 0 radical (unpaired) electrons. The molecule has 9 heteroatoms. The zero-order valence-electron chi connectivity index (χ0n) is 16.3. The summed E-state index contributed by atoms with van der Waals surface area (Å²) < 4.78 is 5.35. The highest BCUT2D eigenvalue weighted by Gasteiger charge is 2.39. The molecule has 0 unspecified atom stereocenters. The molecule has 2 saturated heterocycles. The molecule has 0 aliphatic carbocycles. The summed E-state index contributed by atoms with van der Waals surface area (Å²) in [7, 11) is 0. The highest BCUT2D eigenvalue weighted by molar-refractivity contribution is 5.86. The molecule has 0 atom stereocenters. The lowest BCUT2D eigenvalue weighted by Crippen LogP contribution is -2.61. The first-order valence-electron chi connectivity index (χ1n) is 9.15. The van der Waals surface area contributed by atoms with Gasteiger partial charge in [-0.2, -0.15) is 0 Å². The second kappa shape index (κ2) is 9.87. The van der Waals surface area contributed by atoms with Gasteiger partial charge in [0.1, 0.15) is 11.6 Å². The molecule has 0 aromatic carbocycles. The first-order chi connectivity index (χ1) is 11.9. The van der Waals surface area contributed by atoms with Crippen molar-refractivity contribution in [1.82, 2.24) is 14.9 Å². The average Bonchev–Trinajstić information content (AvgIpc) is 2.61. The molecule has 1 amide bonds. The molecule has 27 heavy (non-hydrogen) atoms. The van der Waals surface area contributed by atoms with Crippen molar-refractivity contribution in [2.24, 2.45) is 5.73 Å². The third kappa shape index (κ3) is 5.44. The zero-order chi connectivity index (χ0) is 18.0. The lowest BCUT2D eigenvalue weighted by molar-refractivity contribution is -0.140. The minimum Gasteiger partial charge on any atom is -0.381 e. The number of nitrogens with zero attached hydrogens (tertiary/aromatic N) is 4. The number of halogens is 2. The summed E-state index contributed by atoms with van der Waals surface area (Å²) in [5.41, 5.74) is 6.58. The van der Waals surface area contributed by atoms with Crippen molar-refractivity contribution in [2.75, 3.05) is 44.3 Å². The minimum atomic E-state index is -0.753. The Balaban J connectivity index is 0.00000182. The Morgan fingerprint density at radius 1 is 1.15 bits per heavy atom. The van der Waals surface area contributed by atoms with Crippen molar-refractivity contribution in [2.45, 2.75) is 45.1 Å². The SMILES string of the molecule is Cc1cc(N2CCN(C(=O)C3(N)CCOCC3)CC2)nc(C(C)C)n1.Cl.Cl. The number of amides is 1. The van der Waals surface area contributed by atoms with Gasteiger partial charge in [-0.1, -0.05) is 13.8 Å². The normalized spacial score (nSPS) is 19.3. The number of hydrogen-bond acceptors (Lipinski definition) is 6. The van der Waals surface area contributed by atoms with Gasteiger partial charge in [0.2, 0.25) is 5.91 Å². The van der Waals surface area contributed by atoms with E-state index in [1.165, 1.54) is 0 Å². The topological polar surface area (TPSA) is 84.6 Å². The van der Waals surface area contributed by atoms with Gasteiger partial charge in [-0.3, -0.25) is 4.79 Å². The van der Waals surface area contributed by atoms with Gasteiger partial charge < -0.3 is 20.3 Å². The maximum Gasteiger partial charge on any atom is 0.242 e. The predicted molar refractivity (Wildman–Crippen MR) is 111 cm³/mol. The second-order valence-electron chi connectivity index (χ2n) is 7.43. The number of hydrogen-bond donors (Lipinski definition) is 1. The molecule has 0 bridgehead atoms. The standard InChI is InChI=1S/C18H29N5O2.2ClH/c1-13(2)16-20-14(3)12-15(21-16)22-6-8-23(9-7-22)17(24)18(19)4-10-25-11-5-18;;/h12-13H,4-11,19H2,1-3H3;2*1H. The monoisotopic (exact) mass is 419 g/mol. The van der Waals surface area contributed by atoms with Crippen LogP contribution in [0.4, 0.5) is 5.82 Å². The summed E-state index contributed by atoms with van der Waals surface area (Å²) in [6.07, 6.45) is 1.21. The minimum absolute atomic E-state index is 0. The van der Waals surface area contributed by atoms with E-state index in [9.17, 15) is 4.79 Å². The Labute approximate surface area is 173 Å². The van der Waals surface area contributed by atoms with Crippen LogP contribution in [0.2, 0.25) is 0 Å². The number of aromatic nitrogens is 2. The summed E-state index contributed by atoms with van der Waals surface area (Å²) >= 11 is 0. The van der Waals surface area contributed by atoms with Crippen molar-refractivity contribution in [3.8, 4) is 0 Å². The van der Waals surface area contributed by atoms with Crippen LogP contribution in [0, 0.1) is 6.92 Å². The van der Waals surface area contributed by atoms with Gasteiger partial charge in [0.15, 0.2) is 0 Å². The fraction of sp³-hybridized carbons (Fsp3) is 0.722. The Hall–Kier alpha value is -1.15. The van der Waals surface area contributed by atoms with Crippen molar-refractivity contribution >= 4 is 36.5 Å². The number of rotatable bonds is 3. The quantitative estimate of drug-likeness (QED) is 0.804. The highest BCUT2D eigenvalue weighted by atomic mass is 35.5. The molecule has 0 saturated carbocycles. The number of piperazine rings is 1. The second-order valence-corrected chi connectivity index (χ2v) is 7.43. The van der Waals surface area contributed by atoms with Gasteiger partial charge in [0.05, 0.1) is 5.54 Å². The fourth-order valence-corrected chi connectivity index (χ4v) is 3.40. The third-order valence-electron chi connectivity index (χ3n) is 5.08. The maximum absolute atomic E-state index is 12.8. The first-order valence-corrected chi connectivity index (χ1v) is 9.15.